The van der Waals surface area contributed by atoms with E-state index in [1.54, 1.807) is 29.2 Å². The summed E-state index contributed by atoms with van der Waals surface area (Å²) in [6, 6.07) is 11.0. The molecule has 1 aliphatic heterocycles. The van der Waals surface area contributed by atoms with Crippen molar-refractivity contribution < 1.29 is 27.5 Å². The van der Waals surface area contributed by atoms with Gasteiger partial charge in [0.05, 0.1) is 16.9 Å². The topological polar surface area (TPSA) is 58.6 Å². The Morgan fingerprint density at radius 1 is 1.11 bits per heavy atom. The first-order valence-corrected chi connectivity index (χ1v) is 8.34. The number of carbonyl (C=O) groups is 2. The van der Waals surface area contributed by atoms with Crippen molar-refractivity contribution in [3.63, 3.8) is 0 Å². The number of nitrogens with zero attached hydrogens (tertiary/aromatic N) is 1. The summed E-state index contributed by atoms with van der Waals surface area (Å²) in [7, 11) is 0. The number of benzene rings is 2. The molecule has 2 aromatic rings. The highest BCUT2D eigenvalue weighted by Crippen LogP contribution is 2.31. The van der Waals surface area contributed by atoms with Crippen LogP contribution in [-0.2, 0) is 15.8 Å². The number of ether oxygens (including phenoxy) is 1. The zero-order chi connectivity index (χ0) is 19.4. The standard InChI is InChI=1S/C19H17F3N2O3/c20-19(21,22)13-7-9-14(10-8-13)27-12-17(25)23-15-4-1-2-5-16(15)24-11-3-6-18(24)26/h1-2,4-5,7-10H,3,6,11-12H2,(H,23,25). The fourth-order valence-corrected chi connectivity index (χ4v) is 2.79. The van der Waals surface area contributed by atoms with Crippen LogP contribution in [0.25, 0.3) is 0 Å². The van der Waals surface area contributed by atoms with Gasteiger partial charge in [-0.25, -0.2) is 0 Å². The van der Waals surface area contributed by atoms with Gasteiger partial charge in [0.15, 0.2) is 6.61 Å². The van der Waals surface area contributed by atoms with E-state index in [1.807, 2.05) is 0 Å². The van der Waals surface area contributed by atoms with E-state index in [4.69, 9.17) is 4.74 Å². The molecule has 1 N–H and O–H groups in total. The Morgan fingerprint density at radius 2 is 1.81 bits per heavy atom. The molecule has 1 fully saturated rings. The van der Waals surface area contributed by atoms with Crippen LogP contribution >= 0.6 is 0 Å². The molecule has 0 aromatic heterocycles. The summed E-state index contributed by atoms with van der Waals surface area (Å²) < 4.78 is 42.8. The minimum Gasteiger partial charge on any atom is -0.484 e. The lowest BCUT2D eigenvalue weighted by atomic mass is 10.2. The largest absolute Gasteiger partial charge is 0.484 e. The van der Waals surface area contributed by atoms with E-state index < -0.39 is 17.6 Å². The van der Waals surface area contributed by atoms with Gasteiger partial charge in [0, 0.05) is 13.0 Å². The van der Waals surface area contributed by atoms with E-state index in [0.717, 1.165) is 30.7 Å². The molecular weight excluding hydrogens is 361 g/mol. The van der Waals surface area contributed by atoms with Gasteiger partial charge in [-0.05, 0) is 42.8 Å². The van der Waals surface area contributed by atoms with Crippen LogP contribution in [0, 0.1) is 0 Å². The van der Waals surface area contributed by atoms with E-state index >= 15 is 0 Å². The molecule has 0 saturated carbocycles. The molecule has 0 radical (unpaired) electrons. The molecule has 3 rings (SSSR count). The van der Waals surface area contributed by atoms with Crippen molar-refractivity contribution >= 4 is 23.2 Å². The summed E-state index contributed by atoms with van der Waals surface area (Å²) in [4.78, 5) is 25.7. The van der Waals surface area contributed by atoms with Gasteiger partial charge in [-0.1, -0.05) is 12.1 Å². The number of anilines is 2. The molecule has 0 spiro atoms. The van der Waals surface area contributed by atoms with Crippen molar-refractivity contribution in [2.45, 2.75) is 19.0 Å². The molecule has 0 unspecified atom stereocenters. The van der Waals surface area contributed by atoms with E-state index in [2.05, 4.69) is 5.32 Å². The summed E-state index contributed by atoms with van der Waals surface area (Å²) in [6.07, 6.45) is -3.19. The first-order chi connectivity index (χ1) is 12.8. The van der Waals surface area contributed by atoms with Crippen LogP contribution < -0.4 is 15.0 Å². The van der Waals surface area contributed by atoms with Gasteiger partial charge in [0.2, 0.25) is 5.91 Å². The van der Waals surface area contributed by atoms with Crippen LogP contribution in [0.5, 0.6) is 5.75 Å². The van der Waals surface area contributed by atoms with Gasteiger partial charge >= 0.3 is 6.18 Å². The van der Waals surface area contributed by atoms with Crippen LogP contribution in [0.1, 0.15) is 18.4 Å². The number of halogens is 3. The monoisotopic (exact) mass is 378 g/mol. The lowest BCUT2D eigenvalue weighted by molar-refractivity contribution is -0.137. The number of hydrogen-bond acceptors (Lipinski definition) is 3. The first-order valence-electron chi connectivity index (χ1n) is 8.34. The second kappa shape index (κ2) is 7.69. The maximum atomic E-state index is 12.5. The third-order valence-corrected chi connectivity index (χ3v) is 4.09. The smallest absolute Gasteiger partial charge is 0.416 e. The number of nitrogens with one attached hydrogen (secondary N) is 1. The molecule has 1 saturated heterocycles. The maximum Gasteiger partial charge on any atom is 0.416 e. The second-order valence-corrected chi connectivity index (χ2v) is 6.03. The number of hydrogen-bond donors (Lipinski definition) is 1. The summed E-state index contributed by atoms with van der Waals surface area (Å²) in [5.74, 6) is -0.326. The lowest BCUT2D eigenvalue weighted by Gasteiger charge is -2.20. The Hall–Kier alpha value is -3.03. The SMILES string of the molecule is O=C(COc1ccc(C(F)(F)F)cc1)Nc1ccccc1N1CCCC1=O. The average Bonchev–Trinajstić information content (AvgIpc) is 3.06. The summed E-state index contributed by atoms with van der Waals surface area (Å²) in [5, 5.41) is 2.68. The first kappa shape index (κ1) is 18.8. The Balaban J connectivity index is 1.61. The third kappa shape index (κ3) is 4.58. The third-order valence-electron chi connectivity index (χ3n) is 4.09. The van der Waals surface area contributed by atoms with Crippen molar-refractivity contribution in [3.8, 4) is 5.75 Å². The number of rotatable bonds is 5. The van der Waals surface area contributed by atoms with Crippen molar-refractivity contribution in [3.05, 3.63) is 54.1 Å². The fourth-order valence-electron chi connectivity index (χ4n) is 2.79. The quantitative estimate of drug-likeness (QED) is 0.860. The molecule has 0 atom stereocenters. The van der Waals surface area contributed by atoms with Crippen molar-refractivity contribution in [1.29, 1.82) is 0 Å². The number of amides is 2. The van der Waals surface area contributed by atoms with E-state index in [1.165, 1.54) is 0 Å². The van der Waals surface area contributed by atoms with Gasteiger partial charge in [-0.2, -0.15) is 13.2 Å². The fraction of sp³-hybridized carbons (Fsp3) is 0.263. The number of carbonyl (C=O) groups excluding carboxylic acids is 2. The molecule has 2 aromatic carbocycles. The molecule has 0 bridgehead atoms. The van der Waals surface area contributed by atoms with Crippen LogP contribution in [-0.4, -0.2) is 25.0 Å². The van der Waals surface area contributed by atoms with Crippen LogP contribution in [0.4, 0.5) is 24.5 Å². The molecule has 5 nitrogen and oxygen atoms in total. The van der Waals surface area contributed by atoms with E-state index in [0.29, 0.717) is 24.3 Å². The molecular formula is C19H17F3N2O3. The van der Waals surface area contributed by atoms with E-state index in [-0.39, 0.29) is 18.3 Å². The summed E-state index contributed by atoms with van der Waals surface area (Å²) >= 11 is 0. The Morgan fingerprint density at radius 3 is 2.44 bits per heavy atom. The number of para-hydroxylation sites is 2. The average molecular weight is 378 g/mol. The van der Waals surface area contributed by atoms with Crippen molar-refractivity contribution in [2.24, 2.45) is 0 Å². The highest BCUT2D eigenvalue weighted by Gasteiger charge is 2.30. The predicted molar refractivity (Wildman–Crippen MR) is 93.6 cm³/mol. The van der Waals surface area contributed by atoms with Gasteiger partial charge in [-0.3, -0.25) is 9.59 Å². The predicted octanol–water partition coefficient (Wildman–Crippen LogP) is 3.85. The lowest BCUT2D eigenvalue weighted by Crippen LogP contribution is -2.26. The molecule has 2 amide bonds. The van der Waals surface area contributed by atoms with E-state index in [9.17, 15) is 22.8 Å². The molecule has 27 heavy (non-hydrogen) atoms. The van der Waals surface area contributed by atoms with Crippen LogP contribution in [0.2, 0.25) is 0 Å². The summed E-state index contributed by atoms with van der Waals surface area (Å²) in [6.45, 7) is 0.224. The van der Waals surface area contributed by atoms with Crippen LogP contribution in [0.15, 0.2) is 48.5 Å². The zero-order valence-electron chi connectivity index (χ0n) is 14.3. The zero-order valence-corrected chi connectivity index (χ0v) is 14.3. The van der Waals surface area contributed by atoms with Crippen molar-refractivity contribution in [2.75, 3.05) is 23.4 Å². The molecule has 1 aliphatic rings. The molecule has 0 aliphatic carbocycles. The van der Waals surface area contributed by atoms with Gasteiger partial charge in [0.25, 0.3) is 5.91 Å². The van der Waals surface area contributed by atoms with Gasteiger partial charge in [-0.15, -0.1) is 0 Å². The highest BCUT2D eigenvalue weighted by atomic mass is 19.4. The Bertz CT molecular complexity index is 835. The molecule has 142 valence electrons. The number of alkyl halides is 3. The normalized spacial score (nSPS) is 14.3. The Kier molecular flexibility index (Phi) is 5.34. The maximum absolute atomic E-state index is 12.5. The second-order valence-electron chi connectivity index (χ2n) is 6.03. The van der Waals surface area contributed by atoms with Crippen molar-refractivity contribution in [1.82, 2.24) is 0 Å². The molecule has 1 heterocycles. The highest BCUT2D eigenvalue weighted by molar-refractivity contribution is 6.02. The summed E-state index contributed by atoms with van der Waals surface area (Å²) in [5.41, 5.74) is 0.306. The van der Waals surface area contributed by atoms with Gasteiger partial charge < -0.3 is 15.0 Å². The van der Waals surface area contributed by atoms with Crippen LogP contribution in [0.3, 0.4) is 0 Å². The Labute approximate surface area is 153 Å². The molecule has 8 heteroatoms. The minimum absolute atomic E-state index is 0.00213. The van der Waals surface area contributed by atoms with Gasteiger partial charge in [0.1, 0.15) is 5.75 Å². The minimum atomic E-state index is -4.42.